The minimum Gasteiger partial charge on any atom is -0.357 e. The molecule has 4 heteroatoms. The lowest BCUT2D eigenvalue weighted by molar-refractivity contribution is -0.200. The van der Waals surface area contributed by atoms with Gasteiger partial charge in [0, 0.05) is 32.7 Å². The minimum atomic E-state index is -0.449. The first-order valence-electron chi connectivity index (χ1n) is 12.9. The molecule has 1 amide bonds. The normalized spacial score (nSPS) is 25.9. The van der Waals surface area contributed by atoms with Crippen LogP contribution in [0.2, 0.25) is 0 Å². The monoisotopic (exact) mass is 424 g/mol. The van der Waals surface area contributed by atoms with Crippen LogP contribution in [0, 0.1) is 5.92 Å². The van der Waals surface area contributed by atoms with Crippen molar-refractivity contribution in [2.75, 3.05) is 32.7 Å². The quantitative estimate of drug-likeness (QED) is 0.629. The number of ether oxygens (including phenoxy) is 1. The number of rotatable bonds is 7. The van der Waals surface area contributed by atoms with E-state index in [-0.39, 0.29) is 5.60 Å². The van der Waals surface area contributed by atoms with Gasteiger partial charge in [0.05, 0.1) is 5.60 Å². The largest absolute Gasteiger partial charge is 0.357 e. The molecule has 2 aliphatic heterocycles. The maximum absolute atomic E-state index is 13.1. The van der Waals surface area contributed by atoms with Gasteiger partial charge >= 0.3 is 0 Å². The first-order chi connectivity index (χ1) is 15.2. The maximum Gasteiger partial charge on any atom is 0.254 e. The van der Waals surface area contributed by atoms with Crippen molar-refractivity contribution in [3.05, 3.63) is 35.9 Å². The highest BCUT2D eigenvalue weighted by atomic mass is 16.5. The van der Waals surface area contributed by atoms with Crippen molar-refractivity contribution in [1.82, 2.24) is 9.80 Å². The molecule has 0 radical (unpaired) electrons. The third-order valence-corrected chi connectivity index (χ3v) is 8.36. The number of piperidine rings is 1. The predicted octanol–water partition coefficient (Wildman–Crippen LogP) is 4.82. The Balaban J connectivity index is 1.13. The molecular weight excluding hydrogens is 384 g/mol. The van der Waals surface area contributed by atoms with Gasteiger partial charge in [0.2, 0.25) is 0 Å². The molecule has 31 heavy (non-hydrogen) atoms. The molecule has 0 aromatic heterocycles. The van der Waals surface area contributed by atoms with Gasteiger partial charge in [-0.3, -0.25) is 4.79 Å². The molecule has 0 atom stereocenters. The van der Waals surface area contributed by atoms with Gasteiger partial charge in [-0.2, -0.15) is 0 Å². The van der Waals surface area contributed by atoms with Gasteiger partial charge < -0.3 is 14.5 Å². The first-order valence-corrected chi connectivity index (χ1v) is 12.9. The van der Waals surface area contributed by atoms with Gasteiger partial charge in [0.25, 0.3) is 5.91 Å². The number of morpholine rings is 1. The molecular formula is C27H40N2O2. The molecule has 4 aliphatic rings. The van der Waals surface area contributed by atoms with Gasteiger partial charge in [-0.15, -0.1) is 0 Å². The zero-order chi connectivity index (χ0) is 21.2. The van der Waals surface area contributed by atoms with E-state index in [1.54, 1.807) is 0 Å². The van der Waals surface area contributed by atoms with Crippen LogP contribution in [0.5, 0.6) is 0 Å². The van der Waals surface area contributed by atoms with Crippen molar-refractivity contribution in [2.45, 2.75) is 88.3 Å². The summed E-state index contributed by atoms with van der Waals surface area (Å²) in [5, 5.41) is 0. The molecule has 2 saturated carbocycles. The Bertz CT molecular complexity index is 731. The smallest absolute Gasteiger partial charge is 0.254 e. The van der Waals surface area contributed by atoms with E-state index in [0.29, 0.717) is 5.91 Å². The summed E-state index contributed by atoms with van der Waals surface area (Å²) in [7, 11) is 0. The van der Waals surface area contributed by atoms with Crippen molar-refractivity contribution in [3.63, 3.8) is 0 Å². The molecule has 2 aliphatic carbocycles. The highest BCUT2D eigenvalue weighted by Gasteiger charge is 2.61. The molecule has 2 saturated heterocycles. The number of carbonyl (C=O) groups is 1. The van der Waals surface area contributed by atoms with E-state index in [1.807, 2.05) is 0 Å². The van der Waals surface area contributed by atoms with Crippen molar-refractivity contribution >= 4 is 5.91 Å². The fourth-order valence-corrected chi connectivity index (χ4v) is 6.23. The third kappa shape index (κ3) is 5.01. The van der Waals surface area contributed by atoms with Crippen LogP contribution >= 0.6 is 0 Å². The molecule has 2 heterocycles. The Morgan fingerprint density at radius 2 is 1.68 bits per heavy atom. The molecule has 0 unspecified atom stereocenters. The summed E-state index contributed by atoms with van der Waals surface area (Å²) in [5.74, 6) is 1.20. The zero-order valence-corrected chi connectivity index (χ0v) is 19.2. The number of amides is 1. The number of carbonyl (C=O) groups excluding carboxylic acids is 1. The van der Waals surface area contributed by atoms with Crippen molar-refractivity contribution in [3.8, 4) is 0 Å². The SMILES string of the molecule is O=C1N(CCCC2CCCCC2)CC2(CCN(CCc3ccccc3)CC2)OC12CC2. The molecule has 2 spiro atoms. The third-order valence-electron chi connectivity index (χ3n) is 8.36. The molecule has 170 valence electrons. The second-order valence-electron chi connectivity index (χ2n) is 10.7. The Morgan fingerprint density at radius 3 is 2.39 bits per heavy atom. The Morgan fingerprint density at radius 1 is 0.935 bits per heavy atom. The zero-order valence-electron chi connectivity index (χ0n) is 19.2. The fraction of sp³-hybridized carbons (Fsp3) is 0.741. The lowest BCUT2D eigenvalue weighted by Crippen LogP contribution is -2.63. The highest BCUT2D eigenvalue weighted by molar-refractivity contribution is 5.89. The van der Waals surface area contributed by atoms with Gasteiger partial charge in [-0.05, 0) is 56.4 Å². The van der Waals surface area contributed by atoms with Crippen LogP contribution in [-0.2, 0) is 16.0 Å². The number of hydrogen-bond donors (Lipinski definition) is 0. The van der Waals surface area contributed by atoms with E-state index in [2.05, 4.69) is 40.1 Å². The summed E-state index contributed by atoms with van der Waals surface area (Å²) in [5.41, 5.74) is 0.872. The molecule has 1 aromatic rings. The average Bonchev–Trinajstić information content (AvgIpc) is 3.58. The van der Waals surface area contributed by atoms with E-state index in [4.69, 9.17) is 4.74 Å². The summed E-state index contributed by atoms with van der Waals surface area (Å²) in [6.07, 6.45) is 14.6. The standard InChI is InChI=1S/C27H40N2O2/c30-25-27(14-15-27)31-26(22-29(25)18-7-12-23-8-3-1-4-9-23)16-20-28(21-17-26)19-13-24-10-5-2-6-11-24/h2,5-6,10-11,23H,1,3-4,7-9,12-22H2. The number of nitrogens with zero attached hydrogens (tertiary/aromatic N) is 2. The Hall–Kier alpha value is -1.39. The Labute approximate surface area is 188 Å². The summed E-state index contributed by atoms with van der Waals surface area (Å²) in [6.45, 7) is 5.07. The lowest BCUT2D eigenvalue weighted by Gasteiger charge is -2.50. The van der Waals surface area contributed by atoms with Crippen molar-refractivity contribution in [2.24, 2.45) is 5.92 Å². The van der Waals surface area contributed by atoms with E-state index in [0.717, 1.165) is 70.7 Å². The lowest BCUT2D eigenvalue weighted by atomic mass is 9.85. The van der Waals surface area contributed by atoms with Gasteiger partial charge in [-0.25, -0.2) is 0 Å². The first kappa shape index (κ1) is 21.5. The number of hydrogen-bond acceptors (Lipinski definition) is 3. The van der Waals surface area contributed by atoms with Gasteiger partial charge in [0.15, 0.2) is 0 Å². The van der Waals surface area contributed by atoms with Crippen LogP contribution in [0.1, 0.15) is 76.2 Å². The Kier molecular flexibility index (Phi) is 6.39. The average molecular weight is 425 g/mol. The fourth-order valence-electron chi connectivity index (χ4n) is 6.23. The second-order valence-corrected chi connectivity index (χ2v) is 10.7. The van der Waals surface area contributed by atoms with Crippen LogP contribution in [-0.4, -0.2) is 59.6 Å². The maximum atomic E-state index is 13.1. The van der Waals surface area contributed by atoms with Gasteiger partial charge in [0.1, 0.15) is 5.60 Å². The van der Waals surface area contributed by atoms with Crippen LogP contribution in [0.25, 0.3) is 0 Å². The topological polar surface area (TPSA) is 32.8 Å². The minimum absolute atomic E-state index is 0.0987. The number of benzene rings is 1. The predicted molar refractivity (Wildman–Crippen MR) is 124 cm³/mol. The second kappa shape index (κ2) is 9.23. The summed E-state index contributed by atoms with van der Waals surface area (Å²) < 4.78 is 6.65. The molecule has 1 aromatic carbocycles. The summed E-state index contributed by atoms with van der Waals surface area (Å²) >= 11 is 0. The molecule has 0 bridgehead atoms. The molecule has 0 N–H and O–H groups in total. The molecule has 5 rings (SSSR count). The van der Waals surface area contributed by atoms with Gasteiger partial charge in [-0.1, -0.05) is 62.4 Å². The van der Waals surface area contributed by atoms with Crippen molar-refractivity contribution < 1.29 is 9.53 Å². The van der Waals surface area contributed by atoms with Crippen LogP contribution in [0.3, 0.4) is 0 Å². The van der Waals surface area contributed by atoms with E-state index < -0.39 is 5.60 Å². The van der Waals surface area contributed by atoms with E-state index in [9.17, 15) is 4.79 Å². The number of likely N-dealkylation sites (tertiary alicyclic amines) is 1. The summed E-state index contributed by atoms with van der Waals surface area (Å²) in [6, 6.07) is 10.8. The molecule has 4 fully saturated rings. The van der Waals surface area contributed by atoms with E-state index >= 15 is 0 Å². The van der Waals surface area contributed by atoms with Crippen LogP contribution in [0.15, 0.2) is 30.3 Å². The van der Waals surface area contributed by atoms with E-state index in [1.165, 1.54) is 50.5 Å². The summed E-state index contributed by atoms with van der Waals surface area (Å²) in [4.78, 5) is 17.9. The van der Waals surface area contributed by atoms with Crippen LogP contribution in [0.4, 0.5) is 0 Å². The van der Waals surface area contributed by atoms with Crippen molar-refractivity contribution in [1.29, 1.82) is 0 Å². The molecule has 4 nitrogen and oxygen atoms in total. The highest BCUT2D eigenvalue weighted by Crippen LogP contribution is 2.50. The van der Waals surface area contributed by atoms with Crippen LogP contribution < -0.4 is 0 Å².